The van der Waals surface area contributed by atoms with Crippen molar-refractivity contribution in [3.05, 3.63) is 94.8 Å². The van der Waals surface area contributed by atoms with Crippen molar-refractivity contribution in [3.63, 3.8) is 0 Å². The summed E-state index contributed by atoms with van der Waals surface area (Å²) in [4.78, 5) is 0. The number of rotatable bonds is 11. The predicted molar refractivity (Wildman–Crippen MR) is 149 cm³/mol. The summed E-state index contributed by atoms with van der Waals surface area (Å²) in [6.07, 6.45) is 4.37. The van der Waals surface area contributed by atoms with Crippen molar-refractivity contribution in [2.24, 2.45) is 0 Å². The molecule has 0 fully saturated rings. The molecule has 5 nitrogen and oxygen atoms in total. The lowest BCUT2D eigenvalue weighted by Gasteiger charge is -2.15. The summed E-state index contributed by atoms with van der Waals surface area (Å²) < 4.78 is 34.6. The van der Waals surface area contributed by atoms with E-state index in [4.69, 9.17) is 9.47 Å². The molecule has 196 valence electrons. The zero-order valence-corrected chi connectivity index (χ0v) is 22.7. The van der Waals surface area contributed by atoms with Crippen LogP contribution in [0.5, 0.6) is 11.5 Å². The van der Waals surface area contributed by atoms with Crippen LogP contribution in [0.2, 0.25) is 0 Å². The van der Waals surface area contributed by atoms with Crippen LogP contribution in [0.4, 0.5) is 0 Å². The van der Waals surface area contributed by atoms with Crippen LogP contribution in [0.1, 0.15) is 53.0 Å². The molecule has 0 saturated carbocycles. The molecular weight excluding hydrogens is 484 g/mol. The van der Waals surface area contributed by atoms with E-state index in [1.165, 1.54) is 22.9 Å². The molecule has 4 rings (SSSR count). The fourth-order valence-corrected chi connectivity index (χ4v) is 5.87. The van der Waals surface area contributed by atoms with Gasteiger partial charge in [-0.15, -0.1) is 0 Å². The molecule has 6 heteroatoms. The van der Waals surface area contributed by atoms with E-state index in [0.717, 1.165) is 46.6 Å². The molecule has 1 aliphatic carbocycles. The SMILES string of the molecule is C=C(O)C[C@@H]1CCc2cc(OCc3cccc(-c4c(C)cc(OCCCS(C)(=O)=O)cc4C)c3)ccc21. The van der Waals surface area contributed by atoms with Crippen LogP contribution in [-0.2, 0) is 22.9 Å². The minimum absolute atomic E-state index is 0.129. The van der Waals surface area contributed by atoms with Crippen LogP contribution >= 0.6 is 0 Å². The Morgan fingerprint density at radius 1 is 1.03 bits per heavy atom. The van der Waals surface area contributed by atoms with Crippen molar-refractivity contribution < 1.29 is 23.0 Å². The number of aliphatic hydroxyl groups is 1. The van der Waals surface area contributed by atoms with E-state index in [1.807, 2.05) is 18.2 Å². The number of aliphatic hydroxyl groups excluding tert-OH is 1. The number of aryl methyl sites for hydroxylation is 3. The van der Waals surface area contributed by atoms with E-state index < -0.39 is 9.84 Å². The molecule has 0 amide bonds. The van der Waals surface area contributed by atoms with E-state index in [1.54, 1.807) is 0 Å². The molecule has 0 radical (unpaired) electrons. The van der Waals surface area contributed by atoms with Crippen LogP contribution in [0.25, 0.3) is 11.1 Å². The van der Waals surface area contributed by atoms with E-state index >= 15 is 0 Å². The van der Waals surface area contributed by atoms with Crippen molar-refractivity contribution in [3.8, 4) is 22.6 Å². The number of hydrogen-bond acceptors (Lipinski definition) is 5. The quantitative estimate of drug-likeness (QED) is 0.221. The smallest absolute Gasteiger partial charge is 0.147 e. The van der Waals surface area contributed by atoms with Crippen LogP contribution in [0, 0.1) is 13.8 Å². The fraction of sp³-hybridized carbons (Fsp3) is 0.355. The highest BCUT2D eigenvalue weighted by atomic mass is 32.2. The van der Waals surface area contributed by atoms with Crippen molar-refractivity contribution >= 4 is 9.84 Å². The van der Waals surface area contributed by atoms with E-state index in [0.29, 0.717) is 32.0 Å². The first-order chi connectivity index (χ1) is 17.6. The second-order valence-corrected chi connectivity index (χ2v) is 12.4. The monoisotopic (exact) mass is 520 g/mol. The Morgan fingerprint density at radius 2 is 1.78 bits per heavy atom. The molecule has 0 saturated heterocycles. The molecule has 0 aliphatic heterocycles. The Balaban J connectivity index is 1.42. The highest BCUT2D eigenvalue weighted by Gasteiger charge is 2.23. The number of allylic oxidation sites excluding steroid dienone is 1. The first-order valence-corrected chi connectivity index (χ1v) is 14.8. The molecule has 1 N–H and O–H groups in total. The van der Waals surface area contributed by atoms with E-state index in [-0.39, 0.29) is 11.5 Å². The molecule has 0 aromatic heterocycles. The minimum Gasteiger partial charge on any atom is -0.513 e. The van der Waals surface area contributed by atoms with Gasteiger partial charge in [0.1, 0.15) is 27.9 Å². The predicted octanol–water partition coefficient (Wildman–Crippen LogP) is 6.85. The normalized spacial score (nSPS) is 14.8. The Labute approximate surface area is 220 Å². The lowest BCUT2D eigenvalue weighted by molar-refractivity contribution is 0.306. The molecular formula is C31H36O5S. The summed E-state index contributed by atoms with van der Waals surface area (Å²) in [6, 6.07) is 18.7. The Morgan fingerprint density at radius 3 is 2.49 bits per heavy atom. The molecule has 1 aliphatic rings. The Kier molecular flexibility index (Phi) is 8.28. The molecule has 0 bridgehead atoms. The molecule has 0 heterocycles. The zero-order valence-electron chi connectivity index (χ0n) is 21.9. The summed E-state index contributed by atoms with van der Waals surface area (Å²) in [6.45, 7) is 8.63. The van der Waals surface area contributed by atoms with Gasteiger partial charge >= 0.3 is 0 Å². The van der Waals surface area contributed by atoms with Gasteiger partial charge in [0.05, 0.1) is 18.1 Å². The maximum absolute atomic E-state index is 11.3. The third-order valence-corrected chi connectivity index (χ3v) is 7.88. The van der Waals surface area contributed by atoms with Gasteiger partial charge in [0, 0.05) is 12.7 Å². The first kappa shape index (κ1) is 26.8. The average Bonchev–Trinajstić information content (AvgIpc) is 3.21. The number of hydrogen-bond donors (Lipinski definition) is 1. The molecule has 1 atom stereocenters. The van der Waals surface area contributed by atoms with Crippen molar-refractivity contribution in [2.75, 3.05) is 18.6 Å². The highest BCUT2D eigenvalue weighted by Crippen LogP contribution is 2.38. The standard InChI is InChI=1S/C31H36O5S/c1-21-15-29(35-13-6-14-37(4,33)34)16-22(2)31(21)27-8-5-7-24(18-27)20-36-28-11-12-30-25(17-23(3)32)9-10-26(30)19-28/h5,7-8,11-12,15-16,18-19,25,32H,3,6,9-10,13-14,17,20H2,1-2,4H3/t25-/m0/s1. The number of fused-ring (bicyclic) bond motifs is 1. The van der Waals surface area contributed by atoms with Gasteiger partial charge in [-0.05, 0) is 108 Å². The molecule has 3 aromatic carbocycles. The van der Waals surface area contributed by atoms with Crippen molar-refractivity contribution in [1.29, 1.82) is 0 Å². The second kappa shape index (κ2) is 11.4. The van der Waals surface area contributed by atoms with Crippen LogP contribution < -0.4 is 9.47 Å². The number of sulfone groups is 1. The summed E-state index contributed by atoms with van der Waals surface area (Å²) in [5.74, 6) is 2.33. The molecule has 0 unspecified atom stereocenters. The topological polar surface area (TPSA) is 72.8 Å². The fourth-order valence-electron chi connectivity index (χ4n) is 5.23. The number of ether oxygens (including phenoxy) is 2. The zero-order chi connectivity index (χ0) is 26.6. The Hall–Kier alpha value is -3.25. The van der Waals surface area contributed by atoms with E-state index in [9.17, 15) is 13.5 Å². The molecule has 37 heavy (non-hydrogen) atoms. The van der Waals surface area contributed by atoms with Gasteiger partial charge in [-0.25, -0.2) is 8.42 Å². The van der Waals surface area contributed by atoms with Gasteiger partial charge in [-0.1, -0.05) is 30.8 Å². The summed E-state index contributed by atoms with van der Waals surface area (Å²) >= 11 is 0. The van der Waals surface area contributed by atoms with Gasteiger partial charge in [0.25, 0.3) is 0 Å². The molecule has 3 aromatic rings. The van der Waals surface area contributed by atoms with Gasteiger partial charge in [0.15, 0.2) is 0 Å². The maximum atomic E-state index is 11.3. The van der Waals surface area contributed by atoms with Crippen LogP contribution in [0.3, 0.4) is 0 Å². The van der Waals surface area contributed by atoms with Crippen molar-refractivity contribution in [2.45, 2.75) is 52.1 Å². The average molecular weight is 521 g/mol. The van der Waals surface area contributed by atoms with Gasteiger partial charge < -0.3 is 14.6 Å². The lowest BCUT2D eigenvalue weighted by atomic mass is 9.94. The summed E-state index contributed by atoms with van der Waals surface area (Å²) in [5, 5.41) is 9.58. The highest BCUT2D eigenvalue weighted by molar-refractivity contribution is 7.90. The largest absolute Gasteiger partial charge is 0.513 e. The van der Waals surface area contributed by atoms with Crippen LogP contribution in [-0.4, -0.2) is 32.1 Å². The minimum atomic E-state index is -2.97. The second-order valence-electron chi connectivity index (χ2n) is 10.1. The van der Waals surface area contributed by atoms with Gasteiger partial charge in [0.2, 0.25) is 0 Å². The third-order valence-electron chi connectivity index (χ3n) is 6.85. The summed E-state index contributed by atoms with van der Waals surface area (Å²) in [5.41, 5.74) is 8.18. The first-order valence-electron chi connectivity index (χ1n) is 12.7. The van der Waals surface area contributed by atoms with Crippen LogP contribution in [0.15, 0.2) is 66.9 Å². The maximum Gasteiger partial charge on any atom is 0.147 e. The van der Waals surface area contributed by atoms with Crippen molar-refractivity contribution in [1.82, 2.24) is 0 Å². The summed E-state index contributed by atoms with van der Waals surface area (Å²) in [7, 11) is -2.97. The van der Waals surface area contributed by atoms with Gasteiger partial charge in [-0.3, -0.25) is 0 Å². The third kappa shape index (κ3) is 7.16. The molecule has 0 spiro atoms. The Bertz CT molecular complexity index is 1370. The van der Waals surface area contributed by atoms with E-state index in [2.05, 4.69) is 56.8 Å². The van der Waals surface area contributed by atoms with Gasteiger partial charge in [-0.2, -0.15) is 0 Å². The lowest BCUT2D eigenvalue weighted by Crippen LogP contribution is -2.08. The number of benzene rings is 3.